The van der Waals surface area contributed by atoms with Crippen molar-refractivity contribution in [1.29, 1.82) is 0 Å². The van der Waals surface area contributed by atoms with E-state index in [1.165, 1.54) is 25.7 Å². The summed E-state index contributed by atoms with van der Waals surface area (Å²) in [5, 5.41) is 0. The normalized spacial score (nSPS) is 21.1. The van der Waals surface area contributed by atoms with Gasteiger partial charge >= 0.3 is 0 Å². The van der Waals surface area contributed by atoms with Crippen molar-refractivity contribution in [2.24, 2.45) is 5.73 Å². The third-order valence-electron chi connectivity index (χ3n) is 3.44. The number of aromatic nitrogens is 1. The molecule has 3 heteroatoms. The number of nitrogens with two attached hydrogens (primary N) is 1. The molecular weight excluding hydrogens is 198 g/mol. The Morgan fingerprint density at radius 1 is 1.44 bits per heavy atom. The van der Waals surface area contributed by atoms with Crippen LogP contribution in [0.3, 0.4) is 0 Å². The molecule has 1 unspecified atom stereocenters. The van der Waals surface area contributed by atoms with Gasteiger partial charge < -0.3 is 10.6 Å². The summed E-state index contributed by atoms with van der Waals surface area (Å²) in [4.78, 5) is 6.97. The lowest BCUT2D eigenvalue weighted by molar-refractivity contribution is 0.447. The maximum absolute atomic E-state index is 5.58. The van der Waals surface area contributed by atoms with Crippen LogP contribution in [0.2, 0.25) is 0 Å². The van der Waals surface area contributed by atoms with Crippen molar-refractivity contribution >= 4 is 5.82 Å². The van der Waals surface area contributed by atoms with Crippen LogP contribution < -0.4 is 10.6 Å². The van der Waals surface area contributed by atoms with Gasteiger partial charge in [-0.3, -0.25) is 0 Å². The van der Waals surface area contributed by atoms with Gasteiger partial charge in [0.2, 0.25) is 0 Å². The zero-order valence-corrected chi connectivity index (χ0v) is 10.0. The first-order chi connectivity index (χ1) is 7.85. The summed E-state index contributed by atoms with van der Waals surface area (Å²) in [7, 11) is 0. The molecule has 2 N–H and O–H groups in total. The lowest BCUT2D eigenvalue weighted by atomic mass is 10.00. The fourth-order valence-electron chi connectivity index (χ4n) is 2.43. The Morgan fingerprint density at radius 2 is 2.31 bits per heavy atom. The second-order valence-corrected chi connectivity index (χ2v) is 4.48. The Morgan fingerprint density at radius 3 is 2.94 bits per heavy atom. The summed E-state index contributed by atoms with van der Waals surface area (Å²) in [6.45, 7) is 3.98. The fraction of sp³-hybridized carbons (Fsp3) is 0.615. The molecule has 0 aliphatic carbocycles. The lowest BCUT2D eigenvalue weighted by Gasteiger charge is -2.36. The van der Waals surface area contributed by atoms with E-state index in [0.29, 0.717) is 12.6 Å². The zero-order chi connectivity index (χ0) is 11.4. The Kier molecular flexibility index (Phi) is 3.78. The molecule has 2 heterocycles. The minimum atomic E-state index is 0.574. The number of hydrogen-bond acceptors (Lipinski definition) is 3. The second kappa shape index (κ2) is 5.30. The van der Waals surface area contributed by atoms with Crippen molar-refractivity contribution in [3.63, 3.8) is 0 Å². The molecule has 3 nitrogen and oxygen atoms in total. The average Bonchev–Trinajstić information content (AvgIpc) is 2.39. The van der Waals surface area contributed by atoms with Gasteiger partial charge in [0.1, 0.15) is 5.82 Å². The van der Waals surface area contributed by atoms with Crippen LogP contribution in [-0.4, -0.2) is 17.6 Å². The highest BCUT2D eigenvalue weighted by atomic mass is 15.2. The molecule has 0 bridgehead atoms. The molecule has 1 aliphatic rings. The first-order valence-electron chi connectivity index (χ1n) is 6.26. The van der Waals surface area contributed by atoms with Gasteiger partial charge in [-0.1, -0.05) is 13.0 Å². The first kappa shape index (κ1) is 11.4. The van der Waals surface area contributed by atoms with Gasteiger partial charge in [-0.05, 0) is 37.3 Å². The second-order valence-electron chi connectivity index (χ2n) is 4.48. The summed E-state index contributed by atoms with van der Waals surface area (Å²) in [6, 6.07) is 4.87. The lowest BCUT2D eigenvalue weighted by Crippen LogP contribution is -2.39. The van der Waals surface area contributed by atoms with E-state index in [2.05, 4.69) is 28.9 Å². The molecule has 1 aromatic rings. The fourth-order valence-corrected chi connectivity index (χ4v) is 2.43. The number of rotatable bonds is 3. The van der Waals surface area contributed by atoms with E-state index in [1.54, 1.807) is 0 Å². The maximum atomic E-state index is 5.58. The van der Waals surface area contributed by atoms with Gasteiger partial charge in [0.25, 0.3) is 0 Å². The molecule has 0 aromatic carbocycles. The molecule has 1 atom stereocenters. The van der Waals surface area contributed by atoms with Crippen LogP contribution in [0, 0.1) is 0 Å². The summed E-state index contributed by atoms with van der Waals surface area (Å²) in [5.74, 6) is 1.11. The van der Waals surface area contributed by atoms with E-state index in [9.17, 15) is 0 Å². The van der Waals surface area contributed by atoms with Crippen LogP contribution >= 0.6 is 0 Å². The largest absolute Gasteiger partial charge is 0.354 e. The van der Waals surface area contributed by atoms with Gasteiger partial charge in [-0.25, -0.2) is 4.98 Å². The monoisotopic (exact) mass is 219 g/mol. The minimum absolute atomic E-state index is 0.574. The summed E-state index contributed by atoms with van der Waals surface area (Å²) in [5.41, 5.74) is 6.68. The molecule has 1 saturated heterocycles. The number of anilines is 1. The quantitative estimate of drug-likeness (QED) is 0.848. The molecule has 88 valence electrons. The zero-order valence-electron chi connectivity index (χ0n) is 10.0. The summed E-state index contributed by atoms with van der Waals surface area (Å²) < 4.78 is 0. The molecule has 1 fully saturated rings. The topological polar surface area (TPSA) is 42.1 Å². The third-order valence-corrected chi connectivity index (χ3v) is 3.44. The van der Waals surface area contributed by atoms with E-state index in [0.717, 1.165) is 17.9 Å². The Hall–Kier alpha value is -1.09. The van der Waals surface area contributed by atoms with Gasteiger partial charge in [0.15, 0.2) is 0 Å². The van der Waals surface area contributed by atoms with E-state index in [1.807, 2.05) is 6.20 Å². The van der Waals surface area contributed by atoms with Crippen molar-refractivity contribution in [2.45, 2.75) is 45.2 Å². The van der Waals surface area contributed by atoms with Gasteiger partial charge in [-0.2, -0.15) is 0 Å². The summed E-state index contributed by atoms with van der Waals surface area (Å²) in [6.07, 6.45) is 7.06. The van der Waals surface area contributed by atoms with Crippen LogP contribution in [0.15, 0.2) is 18.3 Å². The summed E-state index contributed by atoms with van der Waals surface area (Å²) >= 11 is 0. The van der Waals surface area contributed by atoms with Gasteiger partial charge in [0.05, 0.1) is 0 Å². The predicted octanol–water partition coefficient (Wildman–Crippen LogP) is 2.31. The smallest absolute Gasteiger partial charge is 0.128 e. The van der Waals surface area contributed by atoms with Crippen molar-refractivity contribution in [1.82, 2.24) is 4.98 Å². The van der Waals surface area contributed by atoms with Crippen LogP contribution in [0.5, 0.6) is 0 Å². The number of hydrogen-bond donors (Lipinski definition) is 1. The molecule has 16 heavy (non-hydrogen) atoms. The van der Waals surface area contributed by atoms with E-state index < -0.39 is 0 Å². The minimum Gasteiger partial charge on any atom is -0.354 e. The number of piperidine rings is 1. The van der Waals surface area contributed by atoms with Crippen molar-refractivity contribution in [2.75, 3.05) is 11.4 Å². The van der Waals surface area contributed by atoms with E-state index in [-0.39, 0.29) is 0 Å². The predicted molar refractivity (Wildman–Crippen MR) is 67.4 cm³/mol. The molecule has 0 spiro atoms. The Balaban J connectivity index is 2.14. The van der Waals surface area contributed by atoms with Crippen LogP contribution in [0.25, 0.3) is 0 Å². The molecule has 1 aromatic heterocycles. The first-order valence-corrected chi connectivity index (χ1v) is 6.26. The third kappa shape index (κ3) is 2.35. The molecule has 1 aliphatic heterocycles. The highest BCUT2D eigenvalue weighted by molar-refractivity contribution is 5.41. The van der Waals surface area contributed by atoms with Crippen LogP contribution in [-0.2, 0) is 6.54 Å². The molecule has 2 rings (SSSR count). The SMILES string of the molecule is CCC1CCCCN1c1ccc(CN)cn1. The van der Waals surface area contributed by atoms with Crippen molar-refractivity contribution in [3.8, 4) is 0 Å². The molecule has 0 amide bonds. The van der Waals surface area contributed by atoms with E-state index >= 15 is 0 Å². The molecule has 0 radical (unpaired) electrons. The molecule has 0 saturated carbocycles. The van der Waals surface area contributed by atoms with Crippen molar-refractivity contribution < 1.29 is 0 Å². The highest BCUT2D eigenvalue weighted by Gasteiger charge is 2.21. The number of pyridine rings is 1. The average molecular weight is 219 g/mol. The van der Waals surface area contributed by atoms with E-state index in [4.69, 9.17) is 5.73 Å². The molecular formula is C13H21N3. The highest BCUT2D eigenvalue weighted by Crippen LogP contribution is 2.24. The Bertz CT molecular complexity index is 320. The van der Waals surface area contributed by atoms with Gasteiger partial charge in [0, 0.05) is 25.3 Å². The van der Waals surface area contributed by atoms with Crippen LogP contribution in [0.1, 0.15) is 38.2 Å². The standard InChI is InChI=1S/C13H21N3/c1-2-12-5-3-4-8-16(12)13-7-6-11(9-14)10-15-13/h6-7,10,12H,2-5,8-9,14H2,1H3. The van der Waals surface area contributed by atoms with Gasteiger partial charge in [-0.15, -0.1) is 0 Å². The Labute approximate surface area is 97.7 Å². The van der Waals surface area contributed by atoms with Crippen molar-refractivity contribution in [3.05, 3.63) is 23.9 Å². The maximum Gasteiger partial charge on any atom is 0.128 e. The van der Waals surface area contributed by atoms with Crippen LogP contribution in [0.4, 0.5) is 5.82 Å². The number of nitrogens with zero attached hydrogens (tertiary/aromatic N) is 2.